The fraction of sp³-hybridized carbons (Fsp3) is 0.467. The molecule has 15 heteroatoms. The van der Waals surface area contributed by atoms with Gasteiger partial charge < -0.3 is 19.7 Å². The molecule has 45 heavy (non-hydrogen) atoms. The van der Waals surface area contributed by atoms with Gasteiger partial charge in [0, 0.05) is 55.2 Å². The zero-order valence-electron chi connectivity index (χ0n) is 25.2. The Labute approximate surface area is 277 Å². The number of nitriles is 2. The molecule has 0 saturated heterocycles. The van der Waals surface area contributed by atoms with E-state index in [0.29, 0.717) is 73.5 Å². The molecule has 12 nitrogen and oxygen atoms in total. The van der Waals surface area contributed by atoms with Crippen LogP contribution in [0, 0.1) is 22.9 Å². The Morgan fingerprint density at radius 2 is 1.87 bits per heavy atom. The minimum atomic E-state index is -1.39. The van der Waals surface area contributed by atoms with Gasteiger partial charge in [-0.2, -0.15) is 10.5 Å². The Kier molecular flexibility index (Phi) is 16.7. The molecule has 2 atom stereocenters. The van der Waals surface area contributed by atoms with Crippen molar-refractivity contribution in [3.63, 3.8) is 0 Å². The van der Waals surface area contributed by atoms with E-state index in [1.54, 1.807) is 12.3 Å². The smallest absolute Gasteiger partial charge is 0.204 e. The Balaban J connectivity index is 1.30. The van der Waals surface area contributed by atoms with E-state index >= 15 is 0 Å². The van der Waals surface area contributed by atoms with Crippen LogP contribution in [0.2, 0.25) is 10.0 Å². The normalized spacial score (nSPS) is 15.7. The first-order valence-corrected chi connectivity index (χ1v) is 16.5. The van der Waals surface area contributed by atoms with Crippen LogP contribution in [0.15, 0.2) is 51.3 Å². The number of fused-ring (bicyclic) bond motifs is 1. The summed E-state index contributed by atoms with van der Waals surface area (Å²) in [6, 6.07) is 11.6. The lowest BCUT2D eigenvalue weighted by Crippen LogP contribution is -2.36. The van der Waals surface area contributed by atoms with Crippen molar-refractivity contribution in [2.24, 2.45) is 9.98 Å². The zero-order chi connectivity index (χ0) is 32.3. The summed E-state index contributed by atoms with van der Waals surface area (Å²) in [5.41, 5.74) is 3.25. The van der Waals surface area contributed by atoms with Gasteiger partial charge in [-0.3, -0.25) is 20.6 Å². The van der Waals surface area contributed by atoms with Crippen LogP contribution < -0.4 is 20.7 Å². The number of aliphatic imine (C=N–C) groups is 2. The monoisotopic (exact) mass is 675 g/mol. The number of likely N-dealkylation sites (N-methyl/N-ethyl adjacent to an activating group) is 1. The van der Waals surface area contributed by atoms with E-state index in [-0.39, 0.29) is 5.92 Å². The van der Waals surface area contributed by atoms with E-state index < -0.39 is 11.0 Å². The topological polar surface area (TPSA) is 159 Å². The summed E-state index contributed by atoms with van der Waals surface area (Å²) in [6.45, 7) is 5.18. The molecule has 0 fully saturated rings. The van der Waals surface area contributed by atoms with Crippen molar-refractivity contribution in [2.45, 2.75) is 30.2 Å². The molecule has 2 unspecified atom stereocenters. The van der Waals surface area contributed by atoms with Crippen LogP contribution in [0.3, 0.4) is 0 Å². The molecule has 0 aromatic heterocycles. The lowest BCUT2D eigenvalue weighted by atomic mass is 9.85. The Hall–Kier alpha value is -3.27. The standard InChI is InChI=1S/C30H39Cl2N9O3S/c1-41-18-27(26-16-24(31)17-29(32)28(26)19-41)23-5-4-6-25(15-23)45(42)40-10-12-44-14-13-43-11-9-38-30(39-21-34)37-8-3-2-7-35-22-36-20-33/h4-6,15-17,22,27,40H,2-3,7-14,18-19H2,1H3,(H,35,36)(H2,37,38,39). The molecule has 2 aromatic rings. The van der Waals surface area contributed by atoms with E-state index in [2.05, 4.69) is 42.6 Å². The third kappa shape index (κ3) is 12.9. The minimum Gasteiger partial charge on any atom is -0.378 e. The molecule has 1 heterocycles. The largest absolute Gasteiger partial charge is 0.378 e. The highest BCUT2D eigenvalue weighted by atomic mass is 35.5. The van der Waals surface area contributed by atoms with Crippen LogP contribution in [0.4, 0.5) is 0 Å². The van der Waals surface area contributed by atoms with Crippen molar-refractivity contribution in [2.75, 3.05) is 66.2 Å². The number of rotatable bonds is 18. The van der Waals surface area contributed by atoms with Crippen LogP contribution in [0.25, 0.3) is 0 Å². The fourth-order valence-electron chi connectivity index (χ4n) is 4.67. The van der Waals surface area contributed by atoms with Gasteiger partial charge in [0.2, 0.25) is 5.96 Å². The van der Waals surface area contributed by atoms with Gasteiger partial charge in [0.25, 0.3) is 0 Å². The van der Waals surface area contributed by atoms with E-state index in [1.807, 2.05) is 36.5 Å². The van der Waals surface area contributed by atoms with Crippen LogP contribution >= 0.6 is 23.2 Å². The third-order valence-corrected chi connectivity index (χ3v) is 8.42. The van der Waals surface area contributed by atoms with Gasteiger partial charge in [-0.05, 0) is 60.8 Å². The Bertz CT molecular complexity index is 1400. The number of hydrogen-bond donors (Lipinski definition) is 4. The van der Waals surface area contributed by atoms with Gasteiger partial charge in [-0.25, -0.2) is 8.93 Å². The SMILES string of the molecule is CN1Cc2c(Cl)cc(Cl)cc2C(c2cccc(S(=O)NCCOCCOCCNC(=NCCCCN=CNC#N)NC#N)c2)C1. The van der Waals surface area contributed by atoms with Crippen molar-refractivity contribution >= 4 is 46.5 Å². The van der Waals surface area contributed by atoms with E-state index in [4.69, 9.17) is 43.2 Å². The highest BCUT2D eigenvalue weighted by molar-refractivity contribution is 7.83. The number of hydrogen-bond acceptors (Lipinski definition) is 8. The summed E-state index contributed by atoms with van der Waals surface area (Å²) >= 11 is 12.8. The van der Waals surface area contributed by atoms with E-state index in [1.165, 1.54) is 6.34 Å². The minimum absolute atomic E-state index is 0.0717. The molecule has 0 radical (unpaired) electrons. The fourth-order valence-corrected chi connectivity index (χ4v) is 6.12. The molecular formula is C30H39Cl2N9O3S. The zero-order valence-corrected chi connectivity index (χ0v) is 27.6. The molecule has 0 saturated carbocycles. The number of benzene rings is 2. The molecule has 0 spiro atoms. The number of halogens is 2. The number of nitrogens with one attached hydrogen (secondary N) is 4. The lowest BCUT2D eigenvalue weighted by Gasteiger charge is -2.33. The molecule has 3 rings (SSSR count). The first kappa shape index (κ1) is 36.2. The van der Waals surface area contributed by atoms with E-state index in [9.17, 15) is 4.21 Å². The molecule has 242 valence electrons. The predicted octanol–water partition coefficient (Wildman–Crippen LogP) is 3.11. The lowest BCUT2D eigenvalue weighted by molar-refractivity contribution is 0.0521. The molecule has 4 N–H and O–H groups in total. The molecule has 0 amide bonds. The van der Waals surface area contributed by atoms with Crippen molar-refractivity contribution < 1.29 is 13.7 Å². The summed E-state index contributed by atoms with van der Waals surface area (Å²) in [7, 11) is 0.672. The molecular weight excluding hydrogens is 637 g/mol. The highest BCUT2D eigenvalue weighted by Crippen LogP contribution is 2.38. The summed E-state index contributed by atoms with van der Waals surface area (Å²) in [6.07, 6.45) is 6.60. The highest BCUT2D eigenvalue weighted by Gasteiger charge is 2.27. The number of nitrogens with zero attached hydrogens (tertiary/aromatic N) is 5. The van der Waals surface area contributed by atoms with Crippen LogP contribution in [-0.2, 0) is 27.0 Å². The van der Waals surface area contributed by atoms with Gasteiger partial charge >= 0.3 is 0 Å². The number of unbranched alkanes of at least 4 members (excludes halogenated alkanes) is 1. The second kappa shape index (κ2) is 20.7. The average Bonchev–Trinajstić information content (AvgIpc) is 3.03. The first-order valence-electron chi connectivity index (χ1n) is 14.6. The maximum Gasteiger partial charge on any atom is 0.204 e. The molecule has 2 aromatic carbocycles. The Morgan fingerprint density at radius 3 is 2.64 bits per heavy atom. The summed E-state index contributed by atoms with van der Waals surface area (Å²) in [5.74, 6) is 0.462. The molecule has 1 aliphatic rings. The van der Waals surface area contributed by atoms with Gasteiger partial charge in [0.1, 0.15) is 11.0 Å². The third-order valence-electron chi connectivity index (χ3n) is 6.72. The number of ether oxygens (including phenoxy) is 2. The van der Waals surface area contributed by atoms with Crippen LogP contribution in [-0.4, -0.2) is 87.6 Å². The molecule has 0 aliphatic carbocycles. The maximum atomic E-state index is 13.0. The van der Waals surface area contributed by atoms with Crippen LogP contribution in [0.5, 0.6) is 0 Å². The second-order valence-corrected chi connectivity index (χ2v) is 12.2. The summed E-state index contributed by atoms with van der Waals surface area (Å²) < 4.78 is 27.2. The predicted molar refractivity (Wildman–Crippen MR) is 178 cm³/mol. The summed E-state index contributed by atoms with van der Waals surface area (Å²) in [4.78, 5) is 11.3. The van der Waals surface area contributed by atoms with Crippen molar-refractivity contribution in [3.05, 3.63) is 63.1 Å². The quantitative estimate of drug-likeness (QED) is 0.0612. The van der Waals surface area contributed by atoms with Crippen molar-refractivity contribution in [3.8, 4) is 12.4 Å². The van der Waals surface area contributed by atoms with Crippen molar-refractivity contribution in [1.29, 1.82) is 10.5 Å². The van der Waals surface area contributed by atoms with Gasteiger partial charge in [0.05, 0.1) is 37.7 Å². The first-order chi connectivity index (χ1) is 21.9. The van der Waals surface area contributed by atoms with Crippen molar-refractivity contribution in [1.82, 2.24) is 25.6 Å². The van der Waals surface area contributed by atoms with Gasteiger partial charge in [-0.15, -0.1) is 0 Å². The maximum absolute atomic E-state index is 13.0. The van der Waals surface area contributed by atoms with Crippen LogP contribution in [0.1, 0.15) is 35.4 Å². The van der Waals surface area contributed by atoms with E-state index in [0.717, 1.165) is 42.6 Å². The molecule has 1 aliphatic heterocycles. The Morgan fingerprint density at radius 1 is 1.09 bits per heavy atom. The summed E-state index contributed by atoms with van der Waals surface area (Å²) in [5, 5.41) is 26.4. The van der Waals surface area contributed by atoms with Gasteiger partial charge in [-0.1, -0.05) is 35.3 Å². The average molecular weight is 677 g/mol. The number of guanidine groups is 1. The molecule has 0 bridgehead atoms. The van der Waals surface area contributed by atoms with Gasteiger partial charge in [0.15, 0.2) is 12.4 Å². The second-order valence-electron chi connectivity index (χ2n) is 10.1.